The quantitative estimate of drug-likeness (QED) is 0.838. The van der Waals surface area contributed by atoms with Gasteiger partial charge in [0.2, 0.25) is 0 Å². The summed E-state index contributed by atoms with van der Waals surface area (Å²) in [5.74, 6) is 1.35. The van der Waals surface area contributed by atoms with Gasteiger partial charge in [0.15, 0.2) is 5.82 Å². The van der Waals surface area contributed by atoms with Gasteiger partial charge in [-0.25, -0.2) is 4.98 Å². The van der Waals surface area contributed by atoms with E-state index in [1.165, 1.54) is 0 Å². The van der Waals surface area contributed by atoms with E-state index >= 15 is 0 Å². The molecule has 0 radical (unpaired) electrons. The van der Waals surface area contributed by atoms with Crippen LogP contribution in [0.3, 0.4) is 0 Å². The summed E-state index contributed by atoms with van der Waals surface area (Å²) in [5.41, 5.74) is -0.279. The summed E-state index contributed by atoms with van der Waals surface area (Å²) in [7, 11) is 0. The summed E-state index contributed by atoms with van der Waals surface area (Å²) in [5, 5.41) is 9.99. The van der Waals surface area contributed by atoms with Crippen LogP contribution in [0.1, 0.15) is 33.6 Å². The van der Waals surface area contributed by atoms with Gasteiger partial charge in [0.05, 0.1) is 6.10 Å². The van der Waals surface area contributed by atoms with Gasteiger partial charge in [-0.3, -0.25) is 4.79 Å². The molecular formula is C15H23N3O2. The van der Waals surface area contributed by atoms with Crippen molar-refractivity contribution in [3.8, 4) is 0 Å². The molecule has 2 aliphatic rings. The first-order chi connectivity index (χ1) is 9.38. The topological polar surface area (TPSA) is 58.4 Å². The van der Waals surface area contributed by atoms with Crippen molar-refractivity contribution in [2.24, 2.45) is 11.8 Å². The Bertz CT molecular complexity index is 561. The maximum absolute atomic E-state index is 12.6. The van der Waals surface area contributed by atoms with Crippen molar-refractivity contribution in [1.82, 2.24) is 9.55 Å². The number of aliphatic hydroxyl groups excluding tert-OH is 1. The van der Waals surface area contributed by atoms with Crippen LogP contribution in [0.5, 0.6) is 0 Å². The SMILES string of the molecule is CC(C)(C)n1ccnc(N2CC3CCC(O)C3C2)c1=O. The largest absolute Gasteiger partial charge is 0.393 e. The van der Waals surface area contributed by atoms with Crippen molar-refractivity contribution < 1.29 is 5.11 Å². The molecule has 1 N–H and O–H groups in total. The van der Waals surface area contributed by atoms with Gasteiger partial charge in [-0.2, -0.15) is 0 Å². The number of fused-ring (bicyclic) bond motifs is 1. The van der Waals surface area contributed by atoms with Crippen molar-refractivity contribution in [3.63, 3.8) is 0 Å². The zero-order chi connectivity index (χ0) is 14.5. The van der Waals surface area contributed by atoms with Gasteiger partial charge >= 0.3 is 0 Å². The zero-order valence-corrected chi connectivity index (χ0v) is 12.4. The van der Waals surface area contributed by atoms with Gasteiger partial charge in [-0.05, 0) is 39.5 Å². The number of hydrogen-bond acceptors (Lipinski definition) is 4. The maximum atomic E-state index is 12.6. The maximum Gasteiger partial charge on any atom is 0.293 e. The van der Waals surface area contributed by atoms with Crippen molar-refractivity contribution in [1.29, 1.82) is 0 Å². The first-order valence-electron chi connectivity index (χ1n) is 7.39. The van der Waals surface area contributed by atoms with Gasteiger partial charge in [-0.1, -0.05) is 0 Å². The van der Waals surface area contributed by atoms with Crippen LogP contribution in [0.15, 0.2) is 17.2 Å². The van der Waals surface area contributed by atoms with Crippen LogP contribution in [0.25, 0.3) is 0 Å². The van der Waals surface area contributed by atoms with Crippen LogP contribution in [0, 0.1) is 11.8 Å². The van der Waals surface area contributed by atoms with E-state index in [1.807, 2.05) is 20.8 Å². The third-order valence-corrected chi connectivity index (χ3v) is 4.66. The Hall–Kier alpha value is -1.36. The van der Waals surface area contributed by atoms with E-state index in [-0.39, 0.29) is 17.2 Å². The number of hydrogen-bond donors (Lipinski definition) is 1. The van der Waals surface area contributed by atoms with E-state index in [1.54, 1.807) is 17.0 Å². The average molecular weight is 277 g/mol. The highest BCUT2D eigenvalue weighted by atomic mass is 16.3. The van der Waals surface area contributed by atoms with Crippen molar-refractivity contribution in [2.45, 2.75) is 45.3 Å². The molecule has 2 fully saturated rings. The minimum Gasteiger partial charge on any atom is -0.393 e. The highest BCUT2D eigenvalue weighted by Gasteiger charge is 2.42. The van der Waals surface area contributed by atoms with Crippen LogP contribution < -0.4 is 10.5 Å². The average Bonchev–Trinajstić information content (AvgIpc) is 2.91. The number of aromatic nitrogens is 2. The van der Waals surface area contributed by atoms with E-state index in [0.717, 1.165) is 25.9 Å². The van der Waals surface area contributed by atoms with Gasteiger partial charge < -0.3 is 14.6 Å². The third-order valence-electron chi connectivity index (χ3n) is 4.66. The molecule has 2 heterocycles. The molecule has 1 aromatic heterocycles. The molecule has 0 aromatic carbocycles. The molecule has 0 amide bonds. The summed E-state index contributed by atoms with van der Waals surface area (Å²) in [6, 6.07) is 0. The highest BCUT2D eigenvalue weighted by molar-refractivity contribution is 5.38. The Balaban J connectivity index is 1.91. The van der Waals surface area contributed by atoms with Crippen LogP contribution in [0.2, 0.25) is 0 Å². The molecule has 5 heteroatoms. The summed E-state index contributed by atoms with van der Waals surface area (Å²) in [4.78, 5) is 19.0. The molecule has 0 bridgehead atoms. The molecule has 3 atom stereocenters. The first kappa shape index (κ1) is 13.6. The Morgan fingerprint density at radius 3 is 2.70 bits per heavy atom. The van der Waals surface area contributed by atoms with Gasteiger partial charge in [0.1, 0.15) is 0 Å². The van der Waals surface area contributed by atoms with Crippen LogP contribution >= 0.6 is 0 Å². The lowest BCUT2D eigenvalue weighted by atomic mass is 10.00. The Morgan fingerprint density at radius 2 is 2.05 bits per heavy atom. The third kappa shape index (κ3) is 2.14. The molecule has 1 saturated carbocycles. The fourth-order valence-corrected chi connectivity index (χ4v) is 3.56. The molecule has 110 valence electrons. The summed E-state index contributed by atoms with van der Waals surface area (Å²) < 4.78 is 1.74. The predicted octanol–water partition coefficient (Wildman–Crippen LogP) is 1.21. The normalized spacial score (nSPS) is 29.8. The summed E-state index contributed by atoms with van der Waals surface area (Å²) >= 11 is 0. The molecule has 0 spiro atoms. The minimum atomic E-state index is -0.246. The van der Waals surface area contributed by atoms with E-state index in [9.17, 15) is 9.90 Å². The van der Waals surface area contributed by atoms with Crippen molar-refractivity contribution in [3.05, 3.63) is 22.7 Å². The second-order valence-corrected chi connectivity index (χ2v) is 7.07. The smallest absolute Gasteiger partial charge is 0.293 e. The van der Waals surface area contributed by atoms with E-state index in [4.69, 9.17) is 0 Å². The fraction of sp³-hybridized carbons (Fsp3) is 0.733. The van der Waals surface area contributed by atoms with Crippen LogP contribution in [-0.4, -0.2) is 33.9 Å². The lowest BCUT2D eigenvalue weighted by Crippen LogP contribution is -2.38. The number of anilines is 1. The van der Waals surface area contributed by atoms with E-state index in [2.05, 4.69) is 9.88 Å². The highest BCUT2D eigenvalue weighted by Crippen LogP contribution is 2.38. The summed E-state index contributed by atoms with van der Waals surface area (Å²) in [6.07, 6.45) is 5.20. The molecular weight excluding hydrogens is 254 g/mol. The first-order valence-corrected chi connectivity index (χ1v) is 7.39. The second-order valence-electron chi connectivity index (χ2n) is 7.07. The van der Waals surface area contributed by atoms with Crippen LogP contribution in [0.4, 0.5) is 5.82 Å². The summed E-state index contributed by atoms with van der Waals surface area (Å²) in [6.45, 7) is 7.64. The Labute approximate surface area is 119 Å². The Morgan fingerprint density at radius 1 is 1.30 bits per heavy atom. The Kier molecular flexibility index (Phi) is 3.12. The molecule has 1 saturated heterocycles. The zero-order valence-electron chi connectivity index (χ0n) is 12.4. The molecule has 1 aliphatic carbocycles. The fourth-order valence-electron chi connectivity index (χ4n) is 3.56. The van der Waals surface area contributed by atoms with Crippen molar-refractivity contribution in [2.75, 3.05) is 18.0 Å². The molecule has 3 rings (SSSR count). The van der Waals surface area contributed by atoms with E-state index < -0.39 is 0 Å². The molecule has 1 aromatic rings. The van der Waals surface area contributed by atoms with Gasteiger partial charge in [0.25, 0.3) is 5.56 Å². The number of aliphatic hydroxyl groups is 1. The van der Waals surface area contributed by atoms with Crippen molar-refractivity contribution >= 4 is 5.82 Å². The van der Waals surface area contributed by atoms with Gasteiger partial charge in [-0.15, -0.1) is 0 Å². The second kappa shape index (κ2) is 4.58. The monoisotopic (exact) mass is 277 g/mol. The number of rotatable bonds is 1. The predicted molar refractivity (Wildman–Crippen MR) is 77.9 cm³/mol. The lowest BCUT2D eigenvalue weighted by Gasteiger charge is -2.25. The molecule has 1 aliphatic heterocycles. The minimum absolute atomic E-state index is 0.0329. The van der Waals surface area contributed by atoms with E-state index in [0.29, 0.717) is 17.7 Å². The molecule has 3 unspecified atom stereocenters. The van der Waals surface area contributed by atoms with Crippen LogP contribution in [-0.2, 0) is 5.54 Å². The number of nitrogens with zero attached hydrogens (tertiary/aromatic N) is 3. The molecule has 20 heavy (non-hydrogen) atoms. The van der Waals surface area contributed by atoms with Gasteiger partial charge in [0, 0.05) is 36.9 Å². The molecule has 5 nitrogen and oxygen atoms in total. The standard InChI is InChI=1S/C15H23N3O2/c1-15(2,3)18-7-6-16-13(14(18)20)17-8-10-4-5-12(19)11(10)9-17/h6-7,10-12,19H,4-5,8-9H2,1-3H3. The lowest BCUT2D eigenvalue weighted by molar-refractivity contribution is 0.133.